The monoisotopic (exact) mass is 315 g/mol. The Kier molecular flexibility index (Phi) is 3.66. The molecule has 0 unspecified atom stereocenters. The van der Waals surface area contributed by atoms with Crippen molar-refractivity contribution in [3.8, 4) is 0 Å². The number of ether oxygens (including phenoxy) is 1. The van der Waals surface area contributed by atoms with E-state index in [9.17, 15) is 17.1 Å². The number of carbonyl (C=O) groups excluding carboxylic acids is 1. The summed E-state index contributed by atoms with van der Waals surface area (Å²) in [6.45, 7) is 5.12. The zero-order chi connectivity index (χ0) is 15.8. The standard InChI is InChI=1S/C13H14FNO5S/c1-13(2,3)20-12(16)15-8-4-5-10-9(6-8)11(7-19-10)21(14,17)18/h4-7H,1-3H3,(H,15,16). The lowest BCUT2D eigenvalue weighted by Gasteiger charge is -2.19. The summed E-state index contributed by atoms with van der Waals surface area (Å²) in [6.07, 6.45) is 0.118. The van der Waals surface area contributed by atoms with E-state index >= 15 is 0 Å². The predicted molar refractivity (Wildman–Crippen MR) is 74.4 cm³/mol. The minimum Gasteiger partial charge on any atom is -0.463 e. The van der Waals surface area contributed by atoms with Crippen molar-refractivity contribution in [2.75, 3.05) is 5.32 Å². The van der Waals surface area contributed by atoms with Gasteiger partial charge in [0.05, 0.1) is 0 Å². The molecule has 0 aliphatic heterocycles. The Bertz CT molecular complexity index is 788. The van der Waals surface area contributed by atoms with Gasteiger partial charge in [0, 0.05) is 11.1 Å². The van der Waals surface area contributed by atoms with E-state index < -0.39 is 26.8 Å². The van der Waals surface area contributed by atoms with Gasteiger partial charge in [-0.25, -0.2) is 4.79 Å². The second kappa shape index (κ2) is 5.03. The van der Waals surface area contributed by atoms with Crippen molar-refractivity contribution < 1.29 is 26.3 Å². The lowest BCUT2D eigenvalue weighted by molar-refractivity contribution is 0.0636. The lowest BCUT2D eigenvalue weighted by atomic mass is 10.2. The third-order valence-electron chi connectivity index (χ3n) is 2.45. The maximum absolute atomic E-state index is 13.1. The first kappa shape index (κ1) is 15.3. The zero-order valence-electron chi connectivity index (χ0n) is 11.6. The molecule has 1 aromatic heterocycles. The Morgan fingerprint density at radius 3 is 2.57 bits per heavy atom. The van der Waals surface area contributed by atoms with E-state index in [4.69, 9.17) is 9.15 Å². The molecule has 0 aliphatic carbocycles. The van der Waals surface area contributed by atoms with E-state index in [-0.39, 0.29) is 16.7 Å². The van der Waals surface area contributed by atoms with Crippen molar-refractivity contribution in [3.05, 3.63) is 24.5 Å². The van der Waals surface area contributed by atoms with Crippen LogP contribution < -0.4 is 5.32 Å². The Morgan fingerprint density at radius 2 is 2.00 bits per heavy atom. The van der Waals surface area contributed by atoms with Crippen LogP contribution in [-0.4, -0.2) is 20.1 Å². The molecule has 0 bridgehead atoms. The fraction of sp³-hybridized carbons (Fsp3) is 0.308. The maximum atomic E-state index is 13.1. The van der Waals surface area contributed by atoms with Crippen molar-refractivity contribution in [1.29, 1.82) is 0 Å². The van der Waals surface area contributed by atoms with E-state index in [0.717, 1.165) is 6.26 Å². The topological polar surface area (TPSA) is 85.6 Å². The zero-order valence-corrected chi connectivity index (χ0v) is 12.5. The van der Waals surface area contributed by atoms with Crippen LogP contribution in [0, 0.1) is 0 Å². The Labute approximate surface area is 121 Å². The van der Waals surface area contributed by atoms with Gasteiger partial charge in [0.25, 0.3) is 0 Å². The molecule has 0 aliphatic rings. The van der Waals surface area contributed by atoms with Crippen LogP contribution in [0.4, 0.5) is 14.4 Å². The van der Waals surface area contributed by atoms with Gasteiger partial charge in [-0.1, -0.05) is 0 Å². The number of hydrogen-bond acceptors (Lipinski definition) is 5. The van der Waals surface area contributed by atoms with Crippen molar-refractivity contribution in [2.24, 2.45) is 0 Å². The molecule has 6 nitrogen and oxygen atoms in total. The number of rotatable bonds is 2. The summed E-state index contributed by atoms with van der Waals surface area (Å²) in [5.74, 6) is 0. The molecule has 1 heterocycles. The molecule has 0 atom stereocenters. The summed E-state index contributed by atoms with van der Waals surface area (Å²) in [5.41, 5.74) is -0.207. The van der Waals surface area contributed by atoms with Gasteiger partial charge < -0.3 is 9.15 Å². The molecule has 1 aromatic carbocycles. The minimum absolute atomic E-state index is 0.0473. The normalized spacial score (nSPS) is 12.4. The number of halogens is 1. The molecule has 21 heavy (non-hydrogen) atoms. The van der Waals surface area contributed by atoms with Gasteiger partial charge in [-0.15, -0.1) is 3.89 Å². The molecule has 0 spiro atoms. The van der Waals surface area contributed by atoms with E-state index in [0.29, 0.717) is 0 Å². The molecular formula is C13H14FNO5S. The number of nitrogens with one attached hydrogen (secondary N) is 1. The number of hydrogen-bond donors (Lipinski definition) is 1. The number of benzene rings is 1. The van der Waals surface area contributed by atoms with Crippen LogP contribution in [0.5, 0.6) is 0 Å². The van der Waals surface area contributed by atoms with E-state index in [1.807, 2.05) is 0 Å². The number of fused-ring (bicyclic) bond motifs is 1. The van der Waals surface area contributed by atoms with E-state index in [1.54, 1.807) is 20.8 Å². The first-order valence-electron chi connectivity index (χ1n) is 6.02. The van der Waals surface area contributed by atoms with Crippen LogP contribution in [0.15, 0.2) is 33.8 Å². The lowest BCUT2D eigenvalue weighted by Crippen LogP contribution is -2.27. The second-order valence-electron chi connectivity index (χ2n) is 5.38. The SMILES string of the molecule is CC(C)(C)OC(=O)Nc1ccc2occ(S(=O)(=O)F)c2c1. The predicted octanol–water partition coefficient (Wildman–Crippen LogP) is 3.44. The van der Waals surface area contributed by atoms with E-state index in [2.05, 4.69) is 5.32 Å². The number of amides is 1. The van der Waals surface area contributed by atoms with Crippen LogP contribution in [0.2, 0.25) is 0 Å². The third kappa shape index (κ3) is 3.72. The highest BCUT2D eigenvalue weighted by molar-refractivity contribution is 7.86. The summed E-state index contributed by atoms with van der Waals surface area (Å²) in [5, 5.41) is 2.49. The van der Waals surface area contributed by atoms with Gasteiger partial charge in [-0.3, -0.25) is 5.32 Å². The molecule has 114 valence electrons. The molecule has 8 heteroatoms. The fourth-order valence-corrected chi connectivity index (χ4v) is 2.28. The van der Waals surface area contributed by atoms with Crippen molar-refractivity contribution >= 4 is 33.0 Å². The third-order valence-corrected chi connectivity index (χ3v) is 3.29. The Balaban J connectivity index is 2.33. The average Bonchev–Trinajstić information content (AvgIpc) is 2.68. The molecule has 0 radical (unpaired) electrons. The molecule has 2 rings (SSSR count). The number of anilines is 1. The molecule has 1 N–H and O–H groups in total. The van der Waals surface area contributed by atoms with Crippen LogP contribution in [0.3, 0.4) is 0 Å². The summed E-state index contributed by atoms with van der Waals surface area (Å²) in [7, 11) is -4.90. The largest absolute Gasteiger partial charge is 0.463 e. The van der Waals surface area contributed by atoms with Crippen molar-refractivity contribution in [2.45, 2.75) is 31.3 Å². The van der Waals surface area contributed by atoms with Gasteiger partial charge in [-0.2, -0.15) is 8.42 Å². The highest BCUT2D eigenvalue weighted by Crippen LogP contribution is 2.29. The minimum atomic E-state index is -4.90. The summed E-state index contributed by atoms with van der Waals surface area (Å²) in [6, 6.07) is 4.22. The van der Waals surface area contributed by atoms with Gasteiger partial charge >= 0.3 is 16.3 Å². The first-order valence-corrected chi connectivity index (χ1v) is 7.40. The maximum Gasteiger partial charge on any atom is 0.412 e. The molecule has 1 amide bonds. The quantitative estimate of drug-likeness (QED) is 0.858. The smallest absolute Gasteiger partial charge is 0.412 e. The van der Waals surface area contributed by atoms with E-state index in [1.165, 1.54) is 18.2 Å². The molecule has 2 aromatic rings. The van der Waals surface area contributed by atoms with Gasteiger partial charge in [-0.05, 0) is 39.0 Å². The molecular weight excluding hydrogens is 301 g/mol. The van der Waals surface area contributed by atoms with Gasteiger partial charge in [0.15, 0.2) is 0 Å². The van der Waals surface area contributed by atoms with Crippen LogP contribution in [-0.2, 0) is 15.0 Å². The molecule has 0 fully saturated rings. The highest BCUT2D eigenvalue weighted by Gasteiger charge is 2.21. The summed E-state index contributed by atoms with van der Waals surface area (Å²) in [4.78, 5) is 11.1. The van der Waals surface area contributed by atoms with Gasteiger partial charge in [0.1, 0.15) is 22.3 Å². The molecule has 0 saturated heterocycles. The summed E-state index contributed by atoms with van der Waals surface area (Å²) >= 11 is 0. The molecule has 0 saturated carbocycles. The Morgan fingerprint density at radius 1 is 1.33 bits per heavy atom. The van der Waals surface area contributed by atoms with Crippen molar-refractivity contribution in [3.63, 3.8) is 0 Å². The van der Waals surface area contributed by atoms with Crippen LogP contribution in [0.25, 0.3) is 11.0 Å². The first-order chi connectivity index (χ1) is 9.56. The summed E-state index contributed by atoms with van der Waals surface area (Å²) < 4.78 is 45.1. The van der Waals surface area contributed by atoms with Crippen LogP contribution >= 0.6 is 0 Å². The Hall–Kier alpha value is -2.09. The van der Waals surface area contributed by atoms with Gasteiger partial charge in [0.2, 0.25) is 0 Å². The number of carbonyl (C=O) groups is 1. The fourth-order valence-electron chi connectivity index (χ4n) is 1.69. The highest BCUT2D eigenvalue weighted by atomic mass is 32.3. The van der Waals surface area contributed by atoms with Crippen molar-refractivity contribution in [1.82, 2.24) is 0 Å². The number of furan rings is 1. The second-order valence-corrected chi connectivity index (χ2v) is 6.69. The average molecular weight is 315 g/mol. The van der Waals surface area contributed by atoms with Crippen LogP contribution in [0.1, 0.15) is 20.8 Å².